The summed E-state index contributed by atoms with van der Waals surface area (Å²) in [4.78, 5) is 2.07. The van der Waals surface area contributed by atoms with Crippen molar-refractivity contribution >= 4 is 0 Å². The first kappa shape index (κ1) is 15.7. The average Bonchev–Trinajstić information content (AvgIpc) is 2.49. The molecule has 0 saturated carbocycles. The molecule has 0 amide bonds. The topological polar surface area (TPSA) is 23.5 Å². The maximum atomic E-state index is 12.9. The van der Waals surface area contributed by atoms with Crippen LogP contribution in [-0.4, -0.2) is 23.1 Å². The van der Waals surface area contributed by atoms with Crippen LogP contribution in [0.1, 0.15) is 29.7 Å². The van der Waals surface area contributed by atoms with Gasteiger partial charge in [-0.15, -0.1) is 0 Å². The van der Waals surface area contributed by atoms with E-state index in [1.54, 1.807) is 12.1 Å². The molecule has 0 heterocycles. The number of hydrogen-bond acceptors (Lipinski definition) is 2. The molecular formula is C18H22FNO. The van der Waals surface area contributed by atoms with E-state index in [2.05, 4.69) is 4.90 Å². The molecule has 0 fully saturated rings. The standard InChI is InChI=1S/C18H22FNO/c1-13-4-8-16(9-5-13)18(21)14(2)20(3)12-15-6-10-17(19)11-7-15/h4-11,14,18,21H,12H2,1-3H3. The Labute approximate surface area is 125 Å². The Morgan fingerprint density at radius 2 is 1.62 bits per heavy atom. The number of aliphatic hydroxyl groups excluding tert-OH is 1. The highest BCUT2D eigenvalue weighted by atomic mass is 19.1. The van der Waals surface area contributed by atoms with E-state index < -0.39 is 6.10 Å². The Hall–Kier alpha value is -1.71. The summed E-state index contributed by atoms with van der Waals surface area (Å²) in [7, 11) is 1.96. The van der Waals surface area contributed by atoms with E-state index in [9.17, 15) is 9.50 Å². The van der Waals surface area contributed by atoms with E-state index in [0.717, 1.165) is 11.1 Å². The Morgan fingerprint density at radius 3 is 2.19 bits per heavy atom. The summed E-state index contributed by atoms with van der Waals surface area (Å²) >= 11 is 0. The second-order valence-corrected chi connectivity index (χ2v) is 5.64. The highest BCUT2D eigenvalue weighted by molar-refractivity contribution is 5.24. The molecular weight excluding hydrogens is 265 g/mol. The number of benzene rings is 2. The third-order valence-electron chi connectivity index (χ3n) is 3.92. The number of halogens is 1. The largest absolute Gasteiger partial charge is 0.387 e. The number of nitrogens with zero attached hydrogens (tertiary/aromatic N) is 1. The third-order valence-corrected chi connectivity index (χ3v) is 3.92. The molecule has 2 aromatic carbocycles. The van der Waals surface area contributed by atoms with Crippen LogP contribution in [0.2, 0.25) is 0 Å². The molecule has 2 unspecified atom stereocenters. The van der Waals surface area contributed by atoms with Crippen LogP contribution in [0, 0.1) is 12.7 Å². The third kappa shape index (κ3) is 4.13. The second-order valence-electron chi connectivity index (χ2n) is 5.64. The minimum absolute atomic E-state index is 0.0299. The monoisotopic (exact) mass is 287 g/mol. The van der Waals surface area contributed by atoms with E-state index in [1.165, 1.54) is 17.7 Å². The molecule has 0 aliphatic heterocycles. The maximum absolute atomic E-state index is 12.9. The summed E-state index contributed by atoms with van der Waals surface area (Å²) in [5, 5.41) is 10.5. The van der Waals surface area contributed by atoms with Gasteiger partial charge in [0.1, 0.15) is 5.82 Å². The fourth-order valence-corrected chi connectivity index (χ4v) is 2.30. The van der Waals surface area contributed by atoms with Crippen LogP contribution in [0.25, 0.3) is 0 Å². The first-order valence-corrected chi connectivity index (χ1v) is 7.16. The maximum Gasteiger partial charge on any atom is 0.123 e. The minimum atomic E-state index is -0.545. The van der Waals surface area contributed by atoms with Gasteiger partial charge in [0.15, 0.2) is 0 Å². The van der Waals surface area contributed by atoms with Crippen LogP contribution < -0.4 is 0 Å². The highest BCUT2D eigenvalue weighted by Gasteiger charge is 2.20. The van der Waals surface area contributed by atoms with Gasteiger partial charge in [-0.3, -0.25) is 4.90 Å². The molecule has 2 rings (SSSR count). The van der Waals surface area contributed by atoms with Gasteiger partial charge in [0.25, 0.3) is 0 Å². The van der Waals surface area contributed by atoms with E-state index in [0.29, 0.717) is 6.54 Å². The van der Waals surface area contributed by atoms with Crippen molar-refractivity contribution in [2.75, 3.05) is 7.05 Å². The average molecular weight is 287 g/mol. The number of likely N-dealkylation sites (N-methyl/N-ethyl adjacent to an activating group) is 1. The molecule has 0 spiro atoms. The smallest absolute Gasteiger partial charge is 0.123 e. The first-order valence-electron chi connectivity index (χ1n) is 7.16. The SMILES string of the molecule is Cc1ccc(C(O)C(C)N(C)Cc2ccc(F)cc2)cc1. The van der Waals surface area contributed by atoms with Crippen molar-refractivity contribution in [3.8, 4) is 0 Å². The van der Waals surface area contributed by atoms with Crippen molar-refractivity contribution in [2.24, 2.45) is 0 Å². The Morgan fingerprint density at radius 1 is 1.05 bits per heavy atom. The number of hydrogen-bond donors (Lipinski definition) is 1. The van der Waals surface area contributed by atoms with Crippen LogP contribution in [0.4, 0.5) is 4.39 Å². The molecule has 112 valence electrons. The summed E-state index contributed by atoms with van der Waals surface area (Å²) in [6.45, 7) is 4.69. The number of rotatable bonds is 5. The summed E-state index contributed by atoms with van der Waals surface area (Å²) < 4.78 is 12.9. The van der Waals surface area contributed by atoms with Crippen molar-refractivity contribution in [3.05, 3.63) is 71.0 Å². The van der Waals surface area contributed by atoms with Crippen LogP contribution in [0.15, 0.2) is 48.5 Å². The van der Waals surface area contributed by atoms with Gasteiger partial charge in [-0.1, -0.05) is 42.0 Å². The van der Waals surface area contributed by atoms with E-state index in [1.807, 2.05) is 45.2 Å². The van der Waals surface area contributed by atoms with E-state index >= 15 is 0 Å². The van der Waals surface area contributed by atoms with Crippen molar-refractivity contribution in [1.82, 2.24) is 4.90 Å². The van der Waals surface area contributed by atoms with Crippen LogP contribution in [-0.2, 0) is 6.54 Å². The molecule has 1 N–H and O–H groups in total. The van der Waals surface area contributed by atoms with Gasteiger partial charge in [-0.2, -0.15) is 0 Å². The van der Waals surface area contributed by atoms with Gasteiger partial charge in [0.05, 0.1) is 6.10 Å². The van der Waals surface area contributed by atoms with Gasteiger partial charge in [-0.25, -0.2) is 4.39 Å². The van der Waals surface area contributed by atoms with Crippen molar-refractivity contribution in [1.29, 1.82) is 0 Å². The van der Waals surface area contributed by atoms with Gasteiger partial charge >= 0.3 is 0 Å². The predicted octanol–water partition coefficient (Wildman–Crippen LogP) is 3.69. The highest BCUT2D eigenvalue weighted by Crippen LogP contribution is 2.21. The lowest BCUT2D eigenvalue weighted by Gasteiger charge is -2.29. The van der Waals surface area contributed by atoms with E-state index in [4.69, 9.17) is 0 Å². The van der Waals surface area contributed by atoms with Crippen LogP contribution >= 0.6 is 0 Å². The lowest BCUT2D eigenvalue weighted by atomic mass is 10.0. The van der Waals surface area contributed by atoms with Crippen molar-refractivity contribution in [2.45, 2.75) is 32.5 Å². The summed E-state index contributed by atoms with van der Waals surface area (Å²) in [6, 6.07) is 14.4. The summed E-state index contributed by atoms with van der Waals surface area (Å²) in [5.74, 6) is -0.228. The Bertz CT molecular complexity index is 565. The predicted molar refractivity (Wildman–Crippen MR) is 83.5 cm³/mol. The zero-order valence-corrected chi connectivity index (χ0v) is 12.8. The van der Waals surface area contributed by atoms with Crippen LogP contribution in [0.5, 0.6) is 0 Å². The molecule has 0 aliphatic carbocycles. The molecule has 0 bridgehead atoms. The summed E-state index contributed by atoms with van der Waals surface area (Å²) in [6.07, 6.45) is -0.545. The molecule has 0 radical (unpaired) electrons. The molecule has 0 saturated heterocycles. The van der Waals surface area contributed by atoms with E-state index in [-0.39, 0.29) is 11.9 Å². The normalized spacial score (nSPS) is 14.2. The molecule has 0 aliphatic rings. The zero-order valence-electron chi connectivity index (χ0n) is 12.8. The number of aryl methyl sites for hydroxylation is 1. The van der Waals surface area contributed by atoms with Crippen molar-refractivity contribution in [3.63, 3.8) is 0 Å². The molecule has 2 atom stereocenters. The summed E-state index contributed by atoms with van der Waals surface area (Å²) in [5.41, 5.74) is 3.12. The van der Waals surface area contributed by atoms with Gasteiger partial charge < -0.3 is 5.11 Å². The van der Waals surface area contributed by atoms with Gasteiger partial charge in [0.2, 0.25) is 0 Å². The van der Waals surface area contributed by atoms with Gasteiger partial charge in [-0.05, 0) is 44.2 Å². The Kier molecular flexibility index (Phi) is 5.10. The lowest BCUT2D eigenvalue weighted by Crippen LogP contribution is -2.33. The Balaban J connectivity index is 2.02. The minimum Gasteiger partial charge on any atom is -0.387 e. The number of aliphatic hydroxyl groups is 1. The molecule has 2 aromatic rings. The quantitative estimate of drug-likeness (QED) is 0.906. The lowest BCUT2D eigenvalue weighted by molar-refractivity contribution is 0.0688. The molecule has 2 nitrogen and oxygen atoms in total. The first-order chi connectivity index (χ1) is 9.97. The zero-order chi connectivity index (χ0) is 15.4. The second kappa shape index (κ2) is 6.83. The van der Waals surface area contributed by atoms with Gasteiger partial charge in [0, 0.05) is 12.6 Å². The fourth-order valence-electron chi connectivity index (χ4n) is 2.30. The molecule has 21 heavy (non-hydrogen) atoms. The van der Waals surface area contributed by atoms with Crippen LogP contribution in [0.3, 0.4) is 0 Å². The molecule has 0 aromatic heterocycles. The van der Waals surface area contributed by atoms with Crippen molar-refractivity contribution < 1.29 is 9.50 Å². The fraction of sp³-hybridized carbons (Fsp3) is 0.333. The molecule has 3 heteroatoms.